The minimum absolute atomic E-state index is 0.0579. The molecule has 1 fully saturated rings. The van der Waals surface area contributed by atoms with E-state index in [0.717, 1.165) is 31.4 Å². The van der Waals surface area contributed by atoms with Gasteiger partial charge in [0.15, 0.2) is 0 Å². The van der Waals surface area contributed by atoms with E-state index in [1.165, 1.54) is 0 Å². The second-order valence-electron chi connectivity index (χ2n) is 5.64. The van der Waals surface area contributed by atoms with Crippen molar-refractivity contribution >= 4 is 17.4 Å². The molecule has 0 bridgehead atoms. The van der Waals surface area contributed by atoms with Gasteiger partial charge >= 0.3 is 6.18 Å². The quantitative estimate of drug-likeness (QED) is 0.796. The number of hydrogen-bond donors (Lipinski definition) is 1. The maximum atomic E-state index is 12.7. The molecule has 0 aliphatic heterocycles. The van der Waals surface area contributed by atoms with E-state index in [4.69, 9.17) is 11.6 Å². The first kappa shape index (κ1) is 14.4. The molecule has 1 aliphatic carbocycles. The molecule has 1 aromatic heterocycles. The number of hydrogen-bond acceptors (Lipinski definition) is 2. The van der Waals surface area contributed by atoms with E-state index >= 15 is 0 Å². The highest BCUT2D eigenvalue weighted by Crippen LogP contribution is 2.39. The van der Waals surface area contributed by atoms with Gasteiger partial charge in [0.25, 0.3) is 0 Å². The van der Waals surface area contributed by atoms with Crippen molar-refractivity contribution in [2.45, 2.75) is 45.3 Å². The Morgan fingerprint density at radius 2 is 2.05 bits per heavy atom. The zero-order chi connectivity index (χ0) is 14.3. The average molecular weight is 293 g/mol. The Morgan fingerprint density at radius 3 is 2.58 bits per heavy atom. The van der Waals surface area contributed by atoms with Gasteiger partial charge in [0.2, 0.25) is 0 Å². The van der Waals surface area contributed by atoms with Crippen molar-refractivity contribution < 1.29 is 13.2 Å². The summed E-state index contributed by atoms with van der Waals surface area (Å²) < 4.78 is 38.1. The Hall–Kier alpha value is -0.970. The van der Waals surface area contributed by atoms with Crippen molar-refractivity contribution in [2.75, 3.05) is 5.32 Å². The summed E-state index contributed by atoms with van der Waals surface area (Å²) in [5.74, 6) is 0.194. The van der Waals surface area contributed by atoms with E-state index in [2.05, 4.69) is 24.1 Å². The normalized spacial score (nSPS) is 22.5. The minimum Gasteiger partial charge on any atom is -0.367 e. The average Bonchev–Trinajstić information content (AvgIpc) is 2.56. The first-order valence-corrected chi connectivity index (χ1v) is 6.57. The largest absolute Gasteiger partial charge is 0.416 e. The summed E-state index contributed by atoms with van der Waals surface area (Å²) in [7, 11) is 0. The van der Waals surface area contributed by atoms with Crippen molar-refractivity contribution in [1.82, 2.24) is 4.98 Å². The van der Waals surface area contributed by atoms with E-state index < -0.39 is 11.7 Å². The van der Waals surface area contributed by atoms with Crippen LogP contribution in [0.15, 0.2) is 12.1 Å². The van der Waals surface area contributed by atoms with Gasteiger partial charge in [0, 0.05) is 6.04 Å². The maximum absolute atomic E-state index is 12.7. The Balaban J connectivity index is 2.24. The summed E-state index contributed by atoms with van der Waals surface area (Å²) in [6.45, 7) is 4.21. The van der Waals surface area contributed by atoms with E-state index in [1.807, 2.05) is 0 Å². The van der Waals surface area contributed by atoms with Gasteiger partial charge in [-0.25, -0.2) is 4.98 Å². The third-order valence-electron chi connectivity index (χ3n) is 3.70. The maximum Gasteiger partial charge on any atom is 0.416 e. The van der Waals surface area contributed by atoms with Crippen molar-refractivity contribution in [3.63, 3.8) is 0 Å². The van der Waals surface area contributed by atoms with Gasteiger partial charge in [-0.2, -0.15) is 13.2 Å². The molecular formula is C13H16ClF3N2. The van der Waals surface area contributed by atoms with E-state index in [0.29, 0.717) is 0 Å². The van der Waals surface area contributed by atoms with E-state index in [-0.39, 0.29) is 22.4 Å². The lowest BCUT2D eigenvalue weighted by Crippen LogP contribution is -2.31. The molecule has 1 atom stereocenters. The lowest BCUT2D eigenvalue weighted by Gasteiger charge is -2.28. The predicted molar refractivity (Wildman–Crippen MR) is 69.3 cm³/mol. The van der Waals surface area contributed by atoms with Crippen LogP contribution in [0, 0.1) is 5.41 Å². The molecule has 1 heterocycles. The van der Waals surface area contributed by atoms with Crippen LogP contribution in [0.25, 0.3) is 0 Å². The molecule has 1 aromatic rings. The molecule has 0 saturated heterocycles. The van der Waals surface area contributed by atoms with Crippen LogP contribution in [0.2, 0.25) is 5.15 Å². The highest BCUT2D eigenvalue weighted by molar-refractivity contribution is 6.29. The summed E-state index contributed by atoms with van der Waals surface area (Å²) in [6, 6.07) is 1.98. The number of anilines is 1. The summed E-state index contributed by atoms with van der Waals surface area (Å²) in [4.78, 5) is 3.93. The Morgan fingerprint density at radius 1 is 1.37 bits per heavy atom. The highest BCUT2D eigenvalue weighted by Gasteiger charge is 2.36. The molecule has 1 saturated carbocycles. The summed E-state index contributed by atoms with van der Waals surface area (Å²) in [5.41, 5.74) is -0.714. The number of nitrogens with zero attached hydrogens (tertiary/aromatic N) is 1. The highest BCUT2D eigenvalue weighted by atomic mass is 35.5. The SMILES string of the molecule is CC1(C)CCCC1Nc1cc(C(F)(F)F)cc(Cl)n1. The van der Waals surface area contributed by atoms with Gasteiger partial charge in [-0.3, -0.25) is 0 Å². The van der Waals surface area contributed by atoms with E-state index in [1.54, 1.807) is 0 Å². The van der Waals surface area contributed by atoms with Gasteiger partial charge in [-0.05, 0) is 30.4 Å². The molecule has 0 aromatic carbocycles. The second kappa shape index (κ2) is 4.85. The minimum atomic E-state index is -4.41. The number of alkyl halides is 3. The molecular weight excluding hydrogens is 277 g/mol. The Bertz CT molecular complexity index is 471. The van der Waals surface area contributed by atoms with Crippen LogP contribution in [0.3, 0.4) is 0 Å². The number of nitrogens with one attached hydrogen (secondary N) is 1. The van der Waals surface area contributed by atoms with Crippen LogP contribution < -0.4 is 5.32 Å². The first-order chi connectivity index (χ1) is 8.68. The third kappa shape index (κ3) is 3.32. The monoisotopic (exact) mass is 292 g/mol. The summed E-state index contributed by atoms with van der Waals surface area (Å²) >= 11 is 5.66. The zero-order valence-electron chi connectivity index (χ0n) is 10.8. The lowest BCUT2D eigenvalue weighted by atomic mass is 9.87. The summed E-state index contributed by atoms with van der Waals surface area (Å²) in [5, 5.41) is 2.94. The van der Waals surface area contributed by atoms with Crippen LogP contribution in [-0.4, -0.2) is 11.0 Å². The van der Waals surface area contributed by atoms with Gasteiger partial charge in [-0.1, -0.05) is 31.9 Å². The number of rotatable bonds is 2. The van der Waals surface area contributed by atoms with Gasteiger partial charge < -0.3 is 5.32 Å². The fraction of sp³-hybridized carbons (Fsp3) is 0.615. The topological polar surface area (TPSA) is 24.9 Å². The molecule has 2 rings (SSSR count). The zero-order valence-corrected chi connectivity index (χ0v) is 11.6. The predicted octanol–water partition coefficient (Wildman–Crippen LogP) is 4.74. The molecule has 0 radical (unpaired) electrons. The molecule has 1 aliphatic rings. The summed E-state index contributed by atoms with van der Waals surface area (Å²) in [6.07, 6.45) is -1.36. The van der Waals surface area contributed by atoms with Gasteiger partial charge in [0.1, 0.15) is 11.0 Å². The Labute approximate surface area is 115 Å². The Kier molecular flexibility index (Phi) is 3.69. The van der Waals surface area contributed by atoms with Crippen molar-refractivity contribution in [3.05, 3.63) is 22.8 Å². The molecule has 6 heteroatoms. The number of halogens is 4. The molecule has 0 amide bonds. The van der Waals surface area contributed by atoms with Crippen molar-refractivity contribution in [2.24, 2.45) is 5.41 Å². The molecule has 1 unspecified atom stereocenters. The van der Waals surface area contributed by atoms with Crippen LogP contribution >= 0.6 is 11.6 Å². The molecule has 2 nitrogen and oxygen atoms in total. The van der Waals surface area contributed by atoms with Gasteiger partial charge in [0.05, 0.1) is 5.56 Å². The second-order valence-corrected chi connectivity index (χ2v) is 6.03. The van der Waals surface area contributed by atoms with Crippen molar-refractivity contribution in [3.8, 4) is 0 Å². The third-order valence-corrected chi connectivity index (χ3v) is 3.89. The lowest BCUT2D eigenvalue weighted by molar-refractivity contribution is -0.137. The van der Waals surface area contributed by atoms with E-state index in [9.17, 15) is 13.2 Å². The number of aromatic nitrogens is 1. The van der Waals surface area contributed by atoms with Crippen LogP contribution in [-0.2, 0) is 6.18 Å². The fourth-order valence-electron chi connectivity index (χ4n) is 2.51. The van der Waals surface area contributed by atoms with Crippen LogP contribution in [0.1, 0.15) is 38.7 Å². The first-order valence-electron chi connectivity index (χ1n) is 6.20. The molecule has 0 spiro atoms. The van der Waals surface area contributed by atoms with Crippen molar-refractivity contribution in [1.29, 1.82) is 0 Å². The fourth-order valence-corrected chi connectivity index (χ4v) is 2.72. The van der Waals surface area contributed by atoms with Crippen LogP contribution in [0.4, 0.5) is 19.0 Å². The number of pyridine rings is 1. The standard InChI is InChI=1S/C13H16ClF3N2/c1-12(2)5-3-4-9(12)18-11-7-8(13(15,16)17)6-10(14)19-11/h6-7,9H,3-5H2,1-2H3,(H,18,19). The van der Waals surface area contributed by atoms with Crippen LogP contribution in [0.5, 0.6) is 0 Å². The van der Waals surface area contributed by atoms with Gasteiger partial charge in [-0.15, -0.1) is 0 Å². The molecule has 1 N–H and O–H groups in total. The smallest absolute Gasteiger partial charge is 0.367 e. The molecule has 106 valence electrons. The molecule has 19 heavy (non-hydrogen) atoms.